The molecule has 0 aliphatic rings. The van der Waals surface area contributed by atoms with E-state index in [9.17, 15) is 0 Å². The summed E-state index contributed by atoms with van der Waals surface area (Å²) < 4.78 is 5.40. The summed E-state index contributed by atoms with van der Waals surface area (Å²) in [6, 6.07) is 3.86. The Morgan fingerprint density at radius 1 is 1.38 bits per heavy atom. The van der Waals surface area contributed by atoms with Gasteiger partial charge in [0.05, 0.1) is 12.3 Å². The SMILES string of the molecule is NCc1ccc(CSCCCO)o1. The first-order valence-electron chi connectivity index (χ1n) is 4.33. The van der Waals surface area contributed by atoms with Crippen molar-refractivity contribution >= 4 is 11.8 Å². The van der Waals surface area contributed by atoms with Gasteiger partial charge in [-0.2, -0.15) is 11.8 Å². The van der Waals surface area contributed by atoms with Gasteiger partial charge in [-0.3, -0.25) is 0 Å². The number of aliphatic hydroxyl groups is 1. The van der Waals surface area contributed by atoms with Gasteiger partial charge in [0.1, 0.15) is 11.5 Å². The fourth-order valence-electron chi connectivity index (χ4n) is 0.949. The largest absolute Gasteiger partial charge is 0.464 e. The summed E-state index contributed by atoms with van der Waals surface area (Å²) in [5.74, 6) is 3.62. The molecule has 0 bridgehead atoms. The molecule has 0 radical (unpaired) electrons. The third-order valence-corrected chi connectivity index (χ3v) is 2.68. The second kappa shape index (κ2) is 6.07. The van der Waals surface area contributed by atoms with Crippen molar-refractivity contribution in [3.63, 3.8) is 0 Å². The minimum absolute atomic E-state index is 0.263. The van der Waals surface area contributed by atoms with Gasteiger partial charge in [0.15, 0.2) is 0 Å². The standard InChI is InChI=1S/C9H15NO2S/c10-6-8-2-3-9(12-8)7-13-5-1-4-11/h2-3,11H,1,4-7,10H2. The van der Waals surface area contributed by atoms with Crippen molar-refractivity contribution in [2.75, 3.05) is 12.4 Å². The maximum atomic E-state index is 8.55. The molecule has 1 rings (SSSR count). The molecule has 1 aromatic heterocycles. The molecule has 0 saturated carbocycles. The van der Waals surface area contributed by atoms with Crippen LogP contribution in [0.15, 0.2) is 16.5 Å². The predicted molar refractivity (Wildman–Crippen MR) is 54.5 cm³/mol. The van der Waals surface area contributed by atoms with Crippen molar-refractivity contribution < 1.29 is 9.52 Å². The fourth-order valence-corrected chi connectivity index (χ4v) is 1.78. The Morgan fingerprint density at radius 3 is 2.77 bits per heavy atom. The van der Waals surface area contributed by atoms with Gasteiger partial charge in [-0.25, -0.2) is 0 Å². The van der Waals surface area contributed by atoms with E-state index in [-0.39, 0.29) is 6.61 Å². The lowest BCUT2D eigenvalue weighted by molar-refractivity contribution is 0.296. The van der Waals surface area contributed by atoms with E-state index in [1.165, 1.54) is 0 Å². The second-order valence-corrected chi connectivity index (χ2v) is 3.81. The molecule has 0 fully saturated rings. The number of hydrogen-bond donors (Lipinski definition) is 2. The third-order valence-electron chi connectivity index (χ3n) is 1.61. The van der Waals surface area contributed by atoms with Gasteiger partial charge in [-0.15, -0.1) is 0 Å². The summed E-state index contributed by atoms with van der Waals surface area (Å²) in [6.07, 6.45) is 0.842. The van der Waals surface area contributed by atoms with Gasteiger partial charge in [0.2, 0.25) is 0 Å². The van der Waals surface area contributed by atoms with E-state index >= 15 is 0 Å². The highest BCUT2D eigenvalue weighted by atomic mass is 32.2. The Labute approximate surface area is 82.3 Å². The van der Waals surface area contributed by atoms with Crippen LogP contribution in [0.4, 0.5) is 0 Å². The van der Waals surface area contributed by atoms with Crippen molar-refractivity contribution in [3.8, 4) is 0 Å². The van der Waals surface area contributed by atoms with Gasteiger partial charge >= 0.3 is 0 Å². The fraction of sp³-hybridized carbons (Fsp3) is 0.556. The molecule has 0 amide bonds. The van der Waals surface area contributed by atoms with Crippen LogP contribution >= 0.6 is 11.8 Å². The highest BCUT2D eigenvalue weighted by Gasteiger charge is 1.99. The van der Waals surface area contributed by atoms with Crippen LogP contribution < -0.4 is 5.73 Å². The van der Waals surface area contributed by atoms with E-state index in [2.05, 4.69) is 0 Å². The lowest BCUT2D eigenvalue weighted by Crippen LogP contribution is -1.92. The number of hydrogen-bond acceptors (Lipinski definition) is 4. The number of nitrogens with two attached hydrogens (primary N) is 1. The molecule has 0 aliphatic carbocycles. The summed E-state index contributed by atoms with van der Waals surface area (Å²) in [6.45, 7) is 0.723. The first-order chi connectivity index (χ1) is 6.36. The predicted octanol–water partition coefficient (Wildman–Crippen LogP) is 1.35. The topological polar surface area (TPSA) is 59.4 Å². The van der Waals surface area contributed by atoms with Crippen LogP contribution in [0.1, 0.15) is 17.9 Å². The molecule has 74 valence electrons. The Kier molecular flexibility index (Phi) is 4.97. The van der Waals surface area contributed by atoms with E-state index < -0.39 is 0 Å². The monoisotopic (exact) mass is 201 g/mol. The second-order valence-electron chi connectivity index (χ2n) is 2.70. The molecular weight excluding hydrogens is 186 g/mol. The van der Waals surface area contributed by atoms with Crippen molar-refractivity contribution in [2.45, 2.75) is 18.7 Å². The molecule has 0 saturated heterocycles. The lowest BCUT2D eigenvalue weighted by Gasteiger charge is -1.96. The smallest absolute Gasteiger partial charge is 0.117 e. The number of rotatable bonds is 6. The van der Waals surface area contributed by atoms with Gasteiger partial charge in [-0.1, -0.05) is 0 Å². The van der Waals surface area contributed by atoms with E-state index in [1.54, 1.807) is 11.8 Å². The van der Waals surface area contributed by atoms with E-state index in [0.29, 0.717) is 6.54 Å². The average Bonchev–Trinajstić information content (AvgIpc) is 2.60. The quantitative estimate of drug-likeness (QED) is 0.682. The molecule has 0 aliphatic heterocycles. The zero-order valence-electron chi connectivity index (χ0n) is 7.53. The summed E-state index contributed by atoms with van der Waals surface area (Å²) in [7, 11) is 0. The Balaban J connectivity index is 2.20. The van der Waals surface area contributed by atoms with Gasteiger partial charge in [-0.05, 0) is 24.3 Å². The van der Waals surface area contributed by atoms with Crippen LogP contribution in [-0.4, -0.2) is 17.5 Å². The van der Waals surface area contributed by atoms with Crippen LogP contribution in [0, 0.1) is 0 Å². The number of aliphatic hydroxyl groups excluding tert-OH is 1. The van der Waals surface area contributed by atoms with Crippen LogP contribution in [0.2, 0.25) is 0 Å². The van der Waals surface area contributed by atoms with Gasteiger partial charge in [0.25, 0.3) is 0 Å². The summed E-state index contributed by atoms with van der Waals surface area (Å²) in [4.78, 5) is 0. The molecule has 0 spiro atoms. The maximum absolute atomic E-state index is 8.55. The number of thioether (sulfide) groups is 1. The minimum Gasteiger partial charge on any atom is -0.464 e. The average molecular weight is 201 g/mol. The molecule has 0 atom stereocenters. The molecule has 1 heterocycles. The first-order valence-corrected chi connectivity index (χ1v) is 5.48. The molecular formula is C9H15NO2S. The normalized spacial score (nSPS) is 10.6. The molecule has 3 nitrogen and oxygen atoms in total. The van der Waals surface area contributed by atoms with Crippen LogP contribution in [0.3, 0.4) is 0 Å². The summed E-state index contributed by atoms with van der Waals surface area (Å²) in [5, 5.41) is 8.55. The molecule has 13 heavy (non-hydrogen) atoms. The molecule has 0 unspecified atom stereocenters. The minimum atomic E-state index is 0.263. The zero-order chi connectivity index (χ0) is 9.52. The molecule has 3 N–H and O–H groups in total. The molecule has 1 aromatic rings. The van der Waals surface area contributed by atoms with Gasteiger partial charge in [0, 0.05) is 6.61 Å². The summed E-state index contributed by atoms with van der Waals surface area (Å²) in [5.41, 5.74) is 5.41. The van der Waals surface area contributed by atoms with Crippen molar-refractivity contribution in [1.29, 1.82) is 0 Å². The van der Waals surface area contributed by atoms with Gasteiger partial charge < -0.3 is 15.3 Å². The third kappa shape index (κ3) is 3.85. The Morgan fingerprint density at radius 2 is 2.15 bits per heavy atom. The van der Waals surface area contributed by atoms with E-state index in [4.69, 9.17) is 15.3 Å². The molecule has 0 aromatic carbocycles. The van der Waals surface area contributed by atoms with Crippen molar-refractivity contribution in [2.24, 2.45) is 5.73 Å². The zero-order valence-corrected chi connectivity index (χ0v) is 8.35. The van der Waals surface area contributed by atoms with Crippen LogP contribution in [0.5, 0.6) is 0 Å². The first kappa shape index (κ1) is 10.6. The van der Waals surface area contributed by atoms with E-state index in [1.807, 2.05) is 12.1 Å². The highest BCUT2D eigenvalue weighted by Crippen LogP contribution is 2.15. The van der Waals surface area contributed by atoms with Crippen molar-refractivity contribution in [1.82, 2.24) is 0 Å². The summed E-state index contributed by atoms with van der Waals surface area (Å²) >= 11 is 1.76. The van der Waals surface area contributed by atoms with Crippen LogP contribution in [0.25, 0.3) is 0 Å². The maximum Gasteiger partial charge on any atom is 0.117 e. The van der Waals surface area contributed by atoms with Crippen molar-refractivity contribution in [3.05, 3.63) is 23.7 Å². The molecule has 4 heteroatoms. The highest BCUT2D eigenvalue weighted by molar-refractivity contribution is 7.98. The lowest BCUT2D eigenvalue weighted by atomic mass is 10.4. The van der Waals surface area contributed by atoms with Crippen LogP contribution in [-0.2, 0) is 12.3 Å². The Bertz CT molecular complexity index is 237. The number of furan rings is 1. The Hall–Kier alpha value is -0.450. The van der Waals surface area contributed by atoms with E-state index in [0.717, 1.165) is 29.4 Å².